The van der Waals surface area contributed by atoms with Gasteiger partial charge in [-0.25, -0.2) is 0 Å². The van der Waals surface area contributed by atoms with Crippen molar-refractivity contribution < 1.29 is 19.1 Å². The van der Waals surface area contributed by atoms with Crippen molar-refractivity contribution in [3.05, 3.63) is 58.6 Å². The molecule has 0 bridgehead atoms. The molecule has 2 aromatic rings. The number of amides is 1. The number of hydrogen-bond acceptors (Lipinski definition) is 5. The first-order valence-electron chi connectivity index (χ1n) is 8.55. The molecule has 0 saturated heterocycles. The zero-order valence-electron chi connectivity index (χ0n) is 15.6. The van der Waals surface area contributed by atoms with Crippen LogP contribution in [-0.2, 0) is 9.63 Å². The van der Waals surface area contributed by atoms with Gasteiger partial charge in [-0.2, -0.15) is 0 Å². The predicted octanol–water partition coefficient (Wildman–Crippen LogP) is 3.98. The van der Waals surface area contributed by atoms with Crippen LogP contribution in [0, 0.1) is 0 Å². The van der Waals surface area contributed by atoms with Crippen LogP contribution in [-0.4, -0.2) is 32.4 Å². The number of oxime groups is 1. The predicted molar refractivity (Wildman–Crippen MR) is 106 cm³/mol. The van der Waals surface area contributed by atoms with Crippen molar-refractivity contribution in [2.24, 2.45) is 5.16 Å². The maximum atomic E-state index is 11.9. The van der Waals surface area contributed by atoms with E-state index in [4.69, 9.17) is 25.9 Å². The Labute approximate surface area is 164 Å². The minimum absolute atomic E-state index is 0.111. The first kappa shape index (κ1) is 20.6. The molecule has 0 aliphatic rings. The molecule has 6 nitrogen and oxygen atoms in total. The number of methoxy groups -OCH3 is 1. The van der Waals surface area contributed by atoms with Gasteiger partial charge in [0.25, 0.3) is 5.91 Å². The molecular weight excluding hydrogens is 368 g/mol. The highest BCUT2D eigenvalue weighted by atomic mass is 35.5. The Balaban J connectivity index is 1.88. The van der Waals surface area contributed by atoms with Crippen molar-refractivity contribution >= 4 is 23.7 Å². The second kappa shape index (κ2) is 10.4. The van der Waals surface area contributed by atoms with Crippen molar-refractivity contribution in [2.45, 2.75) is 19.9 Å². The third kappa shape index (κ3) is 6.18. The molecule has 144 valence electrons. The largest absolute Gasteiger partial charge is 0.493 e. The van der Waals surface area contributed by atoms with E-state index >= 15 is 0 Å². The highest BCUT2D eigenvalue weighted by molar-refractivity contribution is 6.32. The van der Waals surface area contributed by atoms with Crippen molar-refractivity contribution in [3.63, 3.8) is 0 Å². The Morgan fingerprint density at radius 1 is 1.30 bits per heavy atom. The molecule has 0 saturated carbocycles. The van der Waals surface area contributed by atoms with Gasteiger partial charge in [0.15, 0.2) is 18.1 Å². The fourth-order valence-corrected chi connectivity index (χ4v) is 2.67. The van der Waals surface area contributed by atoms with Crippen LogP contribution < -0.4 is 14.8 Å². The van der Waals surface area contributed by atoms with Gasteiger partial charge in [-0.15, -0.1) is 0 Å². The Kier molecular flexibility index (Phi) is 7.95. The van der Waals surface area contributed by atoms with Gasteiger partial charge in [-0.3, -0.25) is 4.79 Å². The molecule has 1 amide bonds. The lowest BCUT2D eigenvalue weighted by Gasteiger charge is -2.13. The summed E-state index contributed by atoms with van der Waals surface area (Å²) < 4.78 is 10.7. The number of nitrogens with one attached hydrogen (secondary N) is 1. The van der Waals surface area contributed by atoms with Crippen LogP contribution in [0.4, 0.5) is 0 Å². The lowest BCUT2D eigenvalue weighted by molar-refractivity contribution is -0.126. The van der Waals surface area contributed by atoms with E-state index < -0.39 is 0 Å². The van der Waals surface area contributed by atoms with Gasteiger partial charge < -0.3 is 19.6 Å². The maximum Gasteiger partial charge on any atom is 0.261 e. The van der Waals surface area contributed by atoms with Gasteiger partial charge in [0.1, 0.15) is 0 Å². The number of benzene rings is 2. The number of carbonyl (C=O) groups excluding carboxylic acids is 1. The Morgan fingerprint density at radius 2 is 2.04 bits per heavy atom. The number of rotatable bonds is 9. The molecule has 2 aromatic carbocycles. The van der Waals surface area contributed by atoms with Crippen molar-refractivity contribution in [3.8, 4) is 11.5 Å². The monoisotopic (exact) mass is 390 g/mol. The summed E-state index contributed by atoms with van der Waals surface area (Å²) in [6.45, 7) is 4.06. The van der Waals surface area contributed by atoms with Crippen molar-refractivity contribution in [1.82, 2.24) is 5.32 Å². The Bertz CT molecular complexity index is 781. The van der Waals surface area contributed by atoms with E-state index in [-0.39, 0.29) is 18.6 Å². The van der Waals surface area contributed by atoms with E-state index in [1.165, 1.54) is 13.3 Å². The van der Waals surface area contributed by atoms with E-state index in [0.29, 0.717) is 28.7 Å². The Hall–Kier alpha value is -2.73. The number of hydrogen-bond donors (Lipinski definition) is 1. The van der Waals surface area contributed by atoms with E-state index in [0.717, 1.165) is 5.56 Å². The molecule has 0 aliphatic heterocycles. The lowest BCUT2D eigenvalue weighted by Crippen LogP contribution is -2.29. The summed E-state index contributed by atoms with van der Waals surface area (Å²) in [6, 6.07) is 13.0. The molecule has 1 N–H and O–H groups in total. The summed E-state index contributed by atoms with van der Waals surface area (Å²) >= 11 is 6.20. The average Bonchev–Trinajstić information content (AvgIpc) is 2.67. The molecule has 0 aromatic heterocycles. The molecule has 2 rings (SSSR count). The fourth-order valence-electron chi connectivity index (χ4n) is 2.40. The summed E-state index contributed by atoms with van der Waals surface area (Å²) in [6.07, 6.45) is 1.46. The quantitative estimate of drug-likeness (QED) is 0.519. The van der Waals surface area contributed by atoms with E-state index in [9.17, 15) is 4.79 Å². The summed E-state index contributed by atoms with van der Waals surface area (Å²) in [5, 5.41) is 7.07. The highest BCUT2D eigenvalue weighted by Crippen LogP contribution is 2.35. The summed E-state index contributed by atoms with van der Waals surface area (Å²) in [5.41, 5.74) is 1.68. The fraction of sp³-hybridized carbons (Fsp3) is 0.300. The van der Waals surface area contributed by atoms with E-state index in [1.807, 2.05) is 44.2 Å². The molecule has 0 unspecified atom stereocenters. The average molecular weight is 391 g/mol. The van der Waals surface area contributed by atoms with Crippen LogP contribution in [0.1, 0.15) is 31.0 Å². The topological polar surface area (TPSA) is 69.2 Å². The molecule has 0 spiro atoms. The first-order chi connectivity index (χ1) is 13.0. The van der Waals surface area contributed by atoms with Crippen LogP contribution in [0.25, 0.3) is 0 Å². The molecule has 0 radical (unpaired) electrons. The highest BCUT2D eigenvalue weighted by Gasteiger charge is 2.11. The van der Waals surface area contributed by atoms with Crippen LogP contribution in [0.3, 0.4) is 0 Å². The first-order valence-corrected chi connectivity index (χ1v) is 8.93. The zero-order chi connectivity index (χ0) is 19.6. The van der Waals surface area contributed by atoms with Gasteiger partial charge in [0.2, 0.25) is 0 Å². The smallest absolute Gasteiger partial charge is 0.261 e. The van der Waals surface area contributed by atoms with Gasteiger partial charge in [-0.05, 0) is 31.5 Å². The SMILES string of the molecule is CCOc1c(Cl)cc(/C=N\OCC(=O)N[C@H](C)c2ccccc2)cc1OC. The lowest BCUT2D eigenvalue weighted by atomic mass is 10.1. The van der Waals surface area contributed by atoms with Gasteiger partial charge >= 0.3 is 0 Å². The number of nitrogens with zero attached hydrogens (tertiary/aromatic N) is 1. The van der Waals surface area contributed by atoms with Crippen LogP contribution in [0.5, 0.6) is 11.5 Å². The van der Waals surface area contributed by atoms with Crippen molar-refractivity contribution in [1.29, 1.82) is 0 Å². The minimum atomic E-state index is -0.259. The van der Waals surface area contributed by atoms with Gasteiger partial charge in [0, 0.05) is 5.56 Å². The maximum absolute atomic E-state index is 11.9. The molecule has 0 fully saturated rings. The standard InChI is InChI=1S/C20H23ClN2O4/c1-4-26-20-17(21)10-15(11-18(20)25-3)12-22-27-13-19(24)23-14(2)16-8-6-5-7-9-16/h5-12,14H,4,13H2,1-3H3,(H,23,24)/b22-12-/t14-/m1/s1. The van der Waals surface area contributed by atoms with Crippen LogP contribution in [0.15, 0.2) is 47.6 Å². The number of carbonyl (C=O) groups is 1. The molecular formula is C20H23ClN2O4. The summed E-state index contributed by atoms with van der Waals surface area (Å²) in [4.78, 5) is 17.0. The molecule has 27 heavy (non-hydrogen) atoms. The molecule has 0 heterocycles. The molecule has 0 aliphatic carbocycles. The third-order valence-corrected chi connectivity index (χ3v) is 3.97. The summed E-state index contributed by atoms with van der Waals surface area (Å²) in [5.74, 6) is 0.722. The van der Waals surface area contributed by atoms with E-state index in [1.54, 1.807) is 12.1 Å². The molecule has 1 atom stereocenters. The van der Waals surface area contributed by atoms with Gasteiger partial charge in [0.05, 0.1) is 31.0 Å². The Morgan fingerprint density at radius 3 is 2.70 bits per heavy atom. The van der Waals surface area contributed by atoms with E-state index in [2.05, 4.69) is 10.5 Å². The molecule has 7 heteroatoms. The second-order valence-electron chi connectivity index (χ2n) is 5.67. The number of halogens is 1. The van der Waals surface area contributed by atoms with Crippen molar-refractivity contribution in [2.75, 3.05) is 20.3 Å². The normalized spacial score (nSPS) is 11.9. The van der Waals surface area contributed by atoms with Gasteiger partial charge in [-0.1, -0.05) is 47.1 Å². The van der Waals surface area contributed by atoms with Crippen LogP contribution >= 0.6 is 11.6 Å². The van der Waals surface area contributed by atoms with Crippen LogP contribution in [0.2, 0.25) is 5.02 Å². The third-order valence-electron chi connectivity index (χ3n) is 3.69. The number of ether oxygens (including phenoxy) is 2. The zero-order valence-corrected chi connectivity index (χ0v) is 16.3. The minimum Gasteiger partial charge on any atom is -0.493 e. The second-order valence-corrected chi connectivity index (χ2v) is 6.08. The summed E-state index contributed by atoms with van der Waals surface area (Å²) in [7, 11) is 1.53.